The van der Waals surface area contributed by atoms with Gasteiger partial charge in [-0.15, -0.1) is 0 Å². The second-order valence-electron chi connectivity index (χ2n) is 3.65. The van der Waals surface area contributed by atoms with E-state index in [0.29, 0.717) is 6.10 Å². The van der Waals surface area contributed by atoms with Gasteiger partial charge in [0.05, 0.1) is 12.7 Å². The lowest BCUT2D eigenvalue weighted by atomic mass is 10.1. The molecular weight excluding hydrogens is 174 g/mol. The minimum absolute atomic E-state index is 0.351. The number of hydrogen-bond acceptors (Lipinski definition) is 1. The molecule has 1 aromatic rings. The second-order valence-corrected chi connectivity index (χ2v) is 3.65. The van der Waals surface area contributed by atoms with Gasteiger partial charge in [-0.2, -0.15) is 0 Å². The maximum Gasteiger partial charge on any atom is 0.0720 e. The summed E-state index contributed by atoms with van der Waals surface area (Å²) in [6.45, 7) is 2.56. The van der Waals surface area contributed by atoms with Crippen LogP contribution >= 0.6 is 0 Å². The number of aryl methyl sites for hydroxylation is 1. The Hall–Kier alpha value is -0.860. The van der Waals surface area contributed by atoms with E-state index in [1.165, 1.54) is 5.56 Å². The maximum atomic E-state index is 5.61. The largest absolute Gasteiger partial charge is 0.375 e. The van der Waals surface area contributed by atoms with Crippen LogP contribution < -0.4 is 5.32 Å². The highest BCUT2D eigenvalue weighted by Gasteiger charge is 2.13. The average molecular weight is 190 g/mol. The molecule has 1 fully saturated rings. The van der Waals surface area contributed by atoms with Crippen molar-refractivity contribution >= 4 is 0 Å². The second kappa shape index (κ2) is 5.13. The summed E-state index contributed by atoms with van der Waals surface area (Å²) in [5, 5.41) is 4.35. The molecule has 2 heteroatoms. The van der Waals surface area contributed by atoms with Gasteiger partial charge in [-0.3, -0.25) is 0 Å². The molecule has 0 aromatic heterocycles. The zero-order valence-electron chi connectivity index (χ0n) is 8.36. The first-order valence-corrected chi connectivity index (χ1v) is 5.24. The first kappa shape index (κ1) is 9.69. The van der Waals surface area contributed by atoms with Crippen molar-refractivity contribution in [3.63, 3.8) is 0 Å². The average Bonchev–Trinajstić information content (AvgIpc) is 2.29. The topological polar surface area (TPSA) is 23.3 Å². The summed E-state index contributed by atoms with van der Waals surface area (Å²) < 4.78 is 5.61. The molecule has 2 nitrogen and oxygen atoms in total. The van der Waals surface area contributed by atoms with Gasteiger partial charge >= 0.3 is 0 Å². The van der Waals surface area contributed by atoms with Crippen LogP contribution in [0.1, 0.15) is 12.0 Å². The molecule has 0 bridgehead atoms. The van der Waals surface area contributed by atoms with Crippen molar-refractivity contribution in [2.75, 3.05) is 19.7 Å². The standard InChI is InChI=1S/C12H16NO/c1-2-4-11(5-3-1)6-7-12-10-13-8-9-14-12/h1-5,12H,6-10H2. The van der Waals surface area contributed by atoms with E-state index < -0.39 is 0 Å². The zero-order valence-corrected chi connectivity index (χ0v) is 8.36. The Bertz CT molecular complexity index is 254. The van der Waals surface area contributed by atoms with E-state index in [-0.39, 0.29) is 0 Å². The summed E-state index contributed by atoms with van der Waals surface area (Å²) in [5.74, 6) is 0. The Balaban J connectivity index is 1.76. The fourth-order valence-electron chi connectivity index (χ4n) is 1.72. The molecule has 0 saturated carbocycles. The lowest BCUT2D eigenvalue weighted by molar-refractivity contribution is 0.0223. The van der Waals surface area contributed by atoms with Crippen molar-refractivity contribution in [1.82, 2.24) is 5.32 Å². The van der Waals surface area contributed by atoms with E-state index in [1.807, 2.05) is 0 Å². The van der Waals surface area contributed by atoms with E-state index >= 15 is 0 Å². The summed E-state index contributed by atoms with van der Waals surface area (Å²) in [6.07, 6.45) is 2.54. The smallest absolute Gasteiger partial charge is 0.0720 e. The highest BCUT2D eigenvalue weighted by molar-refractivity contribution is 5.14. The lowest BCUT2D eigenvalue weighted by Crippen LogP contribution is -2.34. The van der Waals surface area contributed by atoms with Gasteiger partial charge in [0.15, 0.2) is 0 Å². The minimum atomic E-state index is 0.351. The summed E-state index contributed by atoms with van der Waals surface area (Å²) in [7, 11) is 0. The SMILES string of the molecule is c1ccc(CCC2C[N]CCO2)cc1. The van der Waals surface area contributed by atoms with Crippen LogP contribution in [0.25, 0.3) is 0 Å². The van der Waals surface area contributed by atoms with Gasteiger partial charge in [0.1, 0.15) is 0 Å². The van der Waals surface area contributed by atoms with Gasteiger partial charge in [-0.05, 0) is 18.4 Å². The molecule has 14 heavy (non-hydrogen) atoms. The Morgan fingerprint density at radius 2 is 2.14 bits per heavy atom. The third kappa shape index (κ3) is 2.82. The third-order valence-electron chi connectivity index (χ3n) is 2.53. The fourth-order valence-corrected chi connectivity index (χ4v) is 1.72. The van der Waals surface area contributed by atoms with Crippen LogP contribution in [0.5, 0.6) is 0 Å². The predicted molar refractivity (Wildman–Crippen MR) is 56.4 cm³/mol. The molecule has 0 aliphatic carbocycles. The summed E-state index contributed by atoms with van der Waals surface area (Å²) in [5.41, 5.74) is 1.39. The number of morpholine rings is 1. The minimum Gasteiger partial charge on any atom is -0.375 e. The monoisotopic (exact) mass is 190 g/mol. The van der Waals surface area contributed by atoms with Crippen LogP contribution in [0.15, 0.2) is 30.3 Å². The Labute approximate surface area is 85.3 Å². The Kier molecular flexibility index (Phi) is 3.55. The van der Waals surface area contributed by atoms with Gasteiger partial charge < -0.3 is 4.74 Å². The number of benzene rings is 1. The summed E-state index contributed by atoms with van der Waals surface area (Å²) in [4.78, 5) is 0. The number of nitrogens with zero attached hydrogens (tertiary/aromatic N) is 1. The molecule has 1 radical (unpaired) electrons. The van der Waals surface area contributed by atoms with Crippen LogP contribution in [0, 0.1) is 0 Å². The van der Waals surface area contributed by atoms with E-state index in [0.717, 1.165) is 32.5 Å². The van der Waals surface area contributed by atoms with Gasteiger partial charge in [0, 0.05) is 13.1 Å². The molecule has 1 saturated heterocycles. The summed E-state index contributed by atoms with van der Waals surface area (Å²) in [6, 6.07) is 10.6. The molecule has 0 spiro atoms. The highest BCUT2D eigenvalue weighted by Crippen LogP contribution is 2.08. The van der Waals surface area contributed by atoms with Crippen LogP contribution in [-0.4, -0.2) is 25.8 Å². The van der Waals surface area contributed by atoms with Gasteiger partial charge in [0.25, 0.3) is 0 Å². The van der Waals surface area contributed by atoms with E-state index in [4.69, 9.17) is 4.74 Å². The quantitative estimate of drug-likeness (QED) is 0.710. The Morgan fingerprint density at radius 3 is 2.86 bits per heavy atom. The van der Waals surface area contributed by atoms with Crippen molar-refractivity contribution in [1.29, 1.82) is 0 Å². The molecule has 1 aromatic carbocycles. The zero-order chi connectivity index (χ0) is 9.64. The number of rotatable bonds is 3. The molecule has 1 aliphatic heterocycles. The molecule has 0 N–H and O–H groups in total. The molecule has 1 aliphatic rings. The molecule has 1 unspecified atom stereocenters. The highest BCUT2D eigenvalue weighted by atomic mass is 16.5. The third-order valence-corrected chi connectivity index (χ3v) is 2.53. The normalized spacial score (nSPS) is 22.1. The first-order valence-electron chi connectivity index (χ1n) is 5.24. The van der Waals surface area contributed by atoms with Gasteiger partial charge in [-0.1, -0.05) is 30.3 Å². The van der Waals surface area contributed by atoms with Crippen molar-refractivity contribution in [2.24, 2.45) is 0 Å². The maximum absolute atomic E-state index is 5.61. The van der Waals surface area contributed by atoms with Crippen LogP contribution in [0.4, 0.5) is 0 Å². The van der Waals surface area contributed by atoms with E-state index in [9.17, 15) is 0 Å². The van der Waals surface area contributed by atoms with E-state index in [1.54, 1.807) is 0 Å². The summed E-state index contributed by atoms with van der Waals surface area (Å²) >= 11 is 0. The van der Waals surface area contributed by atoms with Crippen molar-refractivity contribution < 1.29 is 4.74 Å². The van der Waals surface area contributed by atoms with Crippen molar-refractivity contribution in [3.05, 3.63) is 35.9 Å². The van der Waals surface area contributed by atoms with Crippen LogP contribution in [-0.2, 0) is 11.2 Å². The van der Waals surface area contributed by atoms with Gasteiger partial charge in [0.2, 0.25) is 0 Å². The first-order chi connectivity index (χ1) is 6.95. The molecular formula is C12H16NO. The number of ether oxygens (including phenoxy) is 1. The number of hydrogen-bond donors (Lipinski definition) is 0. The molecule has 1 heterocycles. The van der Waals surface area contributed by atoms with E-state index in [2.05, 4.69) is 35.6 Å². The van der Waals surface area contributed by atoms with Crippen molar-refractivity contribution in [3.8, 4) is 0 Å². The molecule has 2 rings (SSSR count). The Morgan fingerprint density at radius 1 is 1.29 bits per heavy atom. The van der Waals surface area contributed by atoms with Crippen molar-refractivity contribution in [2.45, 2.75) is 18.9 Å². The van der Waals surface area contributed by atoms with Crippen LogP contribution in [0.3, 0.4) is 0 Å². The predicted octanol–water partition coefficient (Wildman–Crippen LogP) is 1.62. The molecule has 1 atom stereocenters. The molecule has 75 valence electrons. The fraction of sp³-hybridized carbons (Fsp3) is 0.500. The van der Waals surface area contributed by atoms with Gasteiger partial charge in [-0.25, -0.2) is 5.32 Å². The lowest BCUT2D eigenvalue weighted by Gasteiger charge is -2.22. The van der Waals surface area contributed by atoms with Crippen LogP contribution in [0.2, 0.25) is 0 Å². The molecule has 0 amide bonds.